The van der Waals surface area contributed by atoms with Crippen LogP contribution < -0.4 is 10.5 Å². The van der Waals surface area contributed by atoms with Gasteiger partial charge in [0.25, 0.3) is 0 Å². The fourth-order valence-electron chi connectivity index (χ4n) is 1.60. The molecule has 0 bridgehead atoms. The molecule has 0 aromatic heterocycles. The second kappa shape index (κ2) is 9.15. The van der Waals surface area contributed by atoms with Crippen LogP contribution in [0.5, 0.6) is 5.75 Å². The normalized spacial score (nSPS) is 14.1. The molecule has 0 aliphatic heterocycles. The van der Waals surface area contributed by atoms with Gasteiger partial charge in [0.2, 0.25) is 0 Å². The van der Waals surface area contributed by atoms with Crippen molar-refractivity contribution in [2.24, 2.45) is 5.73 Å². The number of aliphatic hydroxyl groups excluding tert-OH is 1. The molecular formula is C14H22ClNO4. The number of halogens is 1. The molecule has 5 nitrogen and oxygen atoms in total. The molecule has 1 aromatic carbocycles. The Morgan fingerprint density at radius 2 is 2.05 bits per heavy atom. The summed E-state index contributed by atoms with van der Waals surface area (Å²) in [4.78, 5) is 0. The minimum absolute atomic E-state index is 0.133. The topological polar surface area (TPSA) is 73.9 Å². The van der Waals surface area contributed by atoms with Crippen LogP contribution in [0.25, 0.3) is 0 Å². The first-order valence-corrected chi connectivity index (χ1v) is 6.85. The number of nitrogens with two attached hydrogens (primary N) is 1. The van der Waals surface area contributed by atoms with Gasteiger partial charge >= 0.3 is 0 Å². The minimum Gasteiger partial charge on any atom is -0.490 e. The zero-order valence-corrected chi connectivity index (χ0v) is 12.6. The highest BCUT2D eigenvalue weighted by Crippen LogP contribution is 2.27. The van der Waals surface area contributed by atoms with E-state index < -0.39 is 6.10 Å². The van der Waals surface area contributed by atoms with Gasteiger partial charge in [-0.25, -0.2) is 0 Å². The van der Waals surface area contributed by atoms with Crippen LogP contribution in [-0.2, 0) is 9.47 Å². The summed E-state index contributed by atoms with van der Waals surface area (Å²) in [5.74, 6) is 0.625. The number of benzene rings is 1. The number of hydrogen-bond donors (Lipinski definition) is 2. The molecule has 0 saturated heterocycles. The molecule has 2 unspecified atom stereocenters. The molecule has 0 saturated carbocycles. The van der Waals surface area contributed by atoms with E-state index in [1.807, 2.05) is 6.92 Å². The van der Waals surface area contributed by atoms with E-state index in [-0.39, 0.29) is 19.3 Å². The van der Waals surface area contributed by atoms with Crippen molar-refractivity contribution in [1.82, 2.24) is 0 Å². The number of ether oxygens (including phenoxy) is 3. The summed E-state index contributed by atoms with van der Waals surface area (Å²) in [6.45, 7) is 3.13. The number of hydrogen-bond acceptors (Lipinski definition) is 5. The van der Waals surface area contributed by atoms with Gasteiger partial charge in [0.15, 0.2) is 0 Å². The third-order valence-electron chi connectivity index (χ3n) is 2.64. The van der Waals surface area contributed by atoms with Gasteiger partial charge in [0.1, 0.15) is 18.5 Å². The van der Waals surface area contributed by atoms with Crippen LogP contribution in [-0.4, -0.2) is 44.7 Å². The van der Waals surface area contributed by atoms with Gasteiger partial charge in [0, 0.05) is 23.7 Å². The highest BCUT2D eigenvalue weighted by molar-refractivity contribution is 6.30. The maximum Gasteiger partial charge on any atom is 0.124 e. The molecule has 1 aromatic rings. The van der Waals surface area contributed by atoms with Crippen molar-refractivity contribution in [2.75, 3.05) is 33.5 Å². The van der Waals surface area contributed by atoms with Crippen LogP contribution in [0.3, 0.4) is 0 Å². The van der Waals surface area contributed by atoms with Crippen molar-refractivity contribution in [3.63, 3.8) is 0 Å². The van der Waals surface area contributed by atoms with Gasteiger partial charge in [-0.3, -0.25) is 0 Å². The third kappa shape index (κ3) is 6.07. The van der Waals surface area contributed by atoms with Crippen molar-refractivity contribution in [2.45, 2.75) is 19.1 Å². The largest absolute Gasteiger partial charge is 0.490 e. The second-order valence-electron chi connectivity index (χ2n) is 4.50. The van der Waals surface area contributed by atoms with Crippen molar-refractivity contribution in [3.8, 4) is 5.75 Å². The van der Waals surface area contributed by atoms with E-state index in [0.29, 0.717) is 24.0 Å². The van der Waals surface area contributed by atoms with Crippen LogP contribution >= 0.6 is 11.6 Å². The molecule has 0 radical (unpaired) electrons. The summed E-state index contributed by atoms with van der Waals surface area (Å²) in [7, 11) is 1.60. The van der Waals surface area contributed by atoms with E-state index >= 15 is 0 Å². The number of rotatable bonds is 9. The van der Waals surface area contributed by atoms with Gasteiger partial charge < -0.3 is 25.1 Å². The zero-order valence-electron chi connectivity index (χ0n) is 11.8. The molecule has 0 aliphatic carbocycles. The van der Waals surface area contributed by atoms with Crippen LogP contribution in [0.2, 0.25) is 5.02 Å². The van der Waals surface area contributed by atoms with Crippen molar-refractivity contribution >= 4 is 11.6 Å². The third-order valence-corrected chi connectivity index (χ3v) is 2.87. The average molecular weight is 304 g/mol. The lowest BCUT2D eigenvalue weighted by molar-refractivity contribution is -0.00435. The summed E-state index contributed by atoms with van der Waals surface area (Å²) >= 11 is 5.93. The smallest absolute Gasteiger partial charge is 0.124 e. The molecule has 0 heterocycles. The zero-order chi connectivity index (χ0) is 15.0. The molecule has 0 aliphatic rings. The molecule has 6 heteroatoms. The Hall–Kier alpha value is -0.850. The molecule has 114 valence electrons. The Kier molecular flexibility index (Phi) is 7.87. The Morgan fingerprint density at radius 3 is 2.70 bits per heavy atom. The molecule has 0 fully saturated rings. The Balaban J connectivity index is 2.44. The Bertz CT molecular complexity index is 401. The Morgan fingerprint density at radius 1 is 1.30 bits per heavy atom. The standard InChI is InChI=1S/C14H22ClNO4/c1-10(16)13-7-11(15)3-4-14(13)20-9-12(17)8-19-6-5-18-2/h3-4,7,10,12,17H,5-6,8-9,16H2,1-2H3. The lowest BCUT2D eigenvalue weighted by Crippen LogP contribution is -2.25. The first-order valence-electron chi connectivity index (χ1n) is 6.47. The predicted octanol–water partition coefficient (Wildman–Crippen LogP) is 1.76. The maximum atomic E-state index is 9.75. The monoisotopic (exact) mass is 303 g/mol. The Labute approximate surface area is 124 Å². The summed E-state index contributed by atoms with van der Waals surface area (Å²) in [6, 6.07) is 5.05. The average Bonchev–Trinajstić information content (AvgIpc) is 2.42. The molecule has 20 heavy (non-hydrogen) atoms. The highest BCUT2D eigenvalue weighted by atomic mass is 35.5. The van der Waals surface area contributed by atoms with Gasteiger partial charge in [-0.2, -0.15) is 0 Å². The molecule has 2 atom stereocenters. The van der Waals surface area contributed by atoms with E-state index in [4.69, 9.17) is 31.5 Å². The van der Waals surface area contributed by atoms with Crippen molar-refractivity contribution in [1.29, 1.82) is 0 Å². The van der Waals surface area contributed by atoms with Gasteiger partial charge in [-0.05, 0) is 25.1 Å². The molecule has 3 N–H and O–H groups in total. The first kappa shape index (κ1) is 17.2. The molecular weight excluding hydrogens is 282 g/mol. The van der Waals surface area contributed by atoms with Crippen LogP contribution in [0.15, 0.2) is 18.2 Å². The quantitative estimate of drug-likeness (QED) is 0.680. The van der Waals surface area contributed by atoms with Crippen molar-refractivity contribution in [3.05, 3.63) is 28.8 Å². The SMILES string of the molecule is COCCOCC(O)COc1ccc(Cl)cc1C(C)N. The minimum atomic E-state index is -0.705. The highest BCUT2D eigenvalue weighted by Gasteiger charge is 2.11. The van der Waals surface area contributed by atoms with Crippen molar-refractivity contribution < 1.29 is 19.3 Å². The maximum absolute atomic E-state index is 9.75. The fraction of sp³-hybridized carbons (Fsp3) is 0.571. The fourth-order valence-corrected chi connectivity index (χ4v) is 1.78. The number of methoxy groups -OCH3 is 1. The second-order valence-corrected chi connectivity index (χ2v) is 4.94. The summed E-state index contributed by atoms with van der Waals surface area (Å²) < 4.78 is 15.6. The van der Waals surface area contributed by atoms with E-state index in [2.05, 4.69) is 0 Å². The molecule has 0 amide bonds. The first-order chi connectivity index (χ1) is 9.54. The van der Waals surface area contributed by atoms with Gasteiger partial charge in [-0.15, -0.1) is 0 Å². The van der Waals surface area contributed by atoms with Crippen LogP contribution in [0.4, 0.5) is 0 Å². The lowest BCUT2D eigenvalue weighted by Gasteiger charge is -2.17. The van der Waals surface area contributed by atoms with E-state index in [9.17, 15) is 5.11 Å². The summed E-state index contributed by atoms with van der Waals surface area (Å²) in [5, 5.41) is 10.4. The van der Waals surface area contributed by atoms with Gasteiger partial charge in [-0.1, -0.05) is 11.6 Å². The van der Waals surface area contributed by atoms with Gasteiger partial charge in [0.05, 0.1) is 19.8 Å². The lowest BCUT2D eigenvalue weighted by atomic mass is 10.1. The van der Waals surface area contributed by atoms with Crippen LogP contribution in [0, 0.1) is 0 Å². The predicted molar refractivity (Wildman–Crippen MR) is 78.3 cm³/mol. The van der Waals surface area contributed by atoms with E-state index in [1.54, 1.807) is 25.3 Å². The molecule has 1 rings (SSSR count). The summed E-state index contributed by atoms with van der Waals surface area (Å²) in [6.07, 6.45) is -0.705. The number of aliphatic hydroxyl groups is 1. The van der Waals surface area contributed by atoms with E-state index in [0.717, 1.165) is 5.56 Å². The van der Waals surface area contributed by atoms with Crippen LogP contribution in [0.1, 0.15) is 18.5 Å². The molecule has 0 spiro atoms. The summed E-state index contributed by atoms with van der Waals surface area (Å²) in [5.41, 5.74) is 6.67. The van der Waals surface area contributed by atoms with E-state index in [1.165, 1.54) is 0 Å².